The largest absolute Gasteiger partial charge is 0.475 e. The molecule has 17 heavy (non-hydrogen) atoms. The summed E-state index contributed by atoms with van der Waals surface area (Å²) in [5, 5.41) is 8.92. The number of nitrogens with zero attached hydrogens (tertiary/aromatic N) is 2. The normalized spacial score (nSPS) is 20.1. The summed E-state index contributed by atoms with van der Waals surface area (Å²) < 4.78 is 24.6. The average Bonchev–Trinajstić information content (AvgIpc) is 2.57. The molecular weight excluding hydrogens is 345 g/mol. The van der Waals surface area contributed by atoms with Crippen LogP contribution in [0.3, 0.4) is 0 Å². The van der Waals surface area contributed by atoms with Crippen LogP contribution < -0.4 is 0 Å². The lowest BCUT2D eigenvalue weighted by atomic mass is 9.95. The number of carboxylic acid groups (broad SMARTS) is 1. The van der Waals surface area contributed by atoms with Gasteiger partial charge in [-0.25, -0.2) is 9.78 Å². The molecule has 0 saturated heterocycles. The summed E-state index contributed by atoms with van der Waals surface area (Å²) in [7, 11) is 0. The van der Waals surface area contributed by atoms with Crippen LogP contribution in [0.1, 0.15) is 29.2 Å². The molecule has 1 N–H and O–H groups in total. The third-order valence-electron chi connectivity index (χ3n) is 2.90. The van der Waals surface area contributed by atoms with Crippen LogP contribution in [0.15, 0.2) is 6.20 Å². The molecule has 7 heteroatoms. The third kappa shape index (κ3) is 2.93. The first-order chi connectivity index (χ1) is 7.87. The molecule has 94 valence electrons. The Kier molecular flexibility index (Phi) is 3.37. The second kappa shape index (κ2) is 4.51. The van der Waals surface area contributed by atoms with Crippen molar-refractivity contribution in [3.63, 3.8) is 0 Å². The van der Waals surface area contributed by atoms with E-state index >= 15 is 0 Å². The van der Waals surface area contributed by atoms with Crippen LogP contribution in [-0.2, 0) is 13.0 Å². The van der Waals surface area contributed by atoms with E-state index in [4.69, 9.17) is 5.11 Å². The lowest BCUT2D eigenvalue weighted by Crippen LogP contribution is -2.26. The summed E-state index contributed by atoms with van der Waals surface area (Å²) in [6.45, 7) is 0.315. The summed E-state index contributed by atoms with van der Waals surface area (Å²) in [4.78, 5) is 14.7. The topological polar surface area (TPSA) is 55.1 Å². The van der Waals surface area contributed by atoms with Gasteiger partial charge in [-0.15, -0.1) is 0 Å². The molecule has 0 aliphatic carbocycles. The van der Waals surface area contributed by atoms with Gasteiger partial charge in [-0.1, -0.05) is 0 Å². The zero-order valence-electron chi connectivity index (χ0n) is 8.87. The molecule has 0 bridgehead atoms. The Hall–Kier alpha value is -0.730. The van der Waals surface area contributed by atoms with Gasteiger partial charge in [0.1, 0.15) is 0 Å². The summed E-state index contributed by atoms with van der Waals surface area (Å²) >= 11 is 1.12. The molecular formula is C10H11F2IN2O2. The number of hydrogen-bond acceptors (Lipinski definition) is 2. The van der Waals surface area contributed by atoms with E-state index in [0.717, 1.165) is 28.3 Å². The minimum atomic E-state index is -2.73. The molecule has 4 nitrogen and oxygen atoms in total. The first-order valence-corrected chi connectivity index (χ1v) is 6.29. The van der Waals surface area contributed by atoms with Gasteiger partial charge in [0, 0.05) is 24.9 Å². The zero-order chi connectivity index (χ0) is 12.6. The molecule has 1 aromatic heterocycles. The van der Waals surface area contributed by atoms with Crippen LogP contribution in [0, 0.1) is 5.92 Å². The molecule has 0 aromatic carbocycles. The number of aryl methyl sites for hydroxylation is 1. The maximum atomic E-state index is 12.9. The molecule has 2 rings (SSSR count). The molecule has 0 saturated carbocycles. The van der Waals surface area contributed by atoms with Crippen molar-refractivity contribution < 1.29 is 18.7 Å². The maximum absolute atomic E-state index is 12.9. The van der Waals surface area contributed by atoms with E-state index in [2.05, 4.69) is 4.98 Å². The van der Waals surface area contributed by atoms with E-state index in [-0.39, 0.29) is 18.2 Å². The molecule has 1 aromatic rings. The van der Waals surface area contributed by atoms with Gasteiger partial charge >= 0.3 is 5.97 Å². The average molecular weight is 356 g/mol. The number of alkyl halides is 3. The molecule has 0 spiro atoms. The van der Waals surface area contributed by atoms with Crippen LogP contribution in [-0.4, -0.2) is 24.6 Å². The fourth-order valence-corrected chi connectivity index (χ4v) is 2.80. The SMILES string of the molecule is O=C(O)c1ncc2n1CC(CC(F)(F)I)CC2. The van der Waals surface area contributed by atoms with E-state index in [1.807, 2.05) is 0 Å². The minimum absolute atomic E-state index is 0.0542. The van der Waals surface area contributed by atoms with Gasteiger partial charge in [-0.3, -0.25) is 0 Å². The van der Waals surface area contributed by atoms with Crippen molar-refractivity contribution in [2.75, 3.05) is 0 Å². The third-order valence-corrected chi connectivity index (χ3v) is 3.34. The van der Waals surface area contributed by atoms with E-state index in [9.17, 15) is 13.6 Å². The standard InChI is InChI=1S/C10H11F2IN2O2/c11-10(12,13)3-6-1-2-7-4-14-8(9(16)17)15(7)5-6/h4,6H,1-3,5H2,(H,16,17). The zero-order valence-corrected chi connectivity index (χ0v) is 11.0. The van der Waals surface area contributed by atoms with Crippen molar-refractivity contribution in [2.45, 2.75) is 29.7 Å². The molecule has 2 heterocycles. The van der Waals surface area contributed by atoms with Crippen LogP contribution in [0.5, 0.6) is 0 Å². The second-order valence-corrected chi connectivity index (χ2v) is 5.79. The minimum Gasteiger partial charge on any atom is -0.475 e. The Balaban J connectivity index is 2.17. The monoisotopic (exact) mass is 356 g/mol. The molecule has 1 unspecified atom stereocenters. The van der Waals surface area contributed by atoms with E-state index in [1.54, 1.807) is 4.57 Å². The predicted octanol–water partition coefficient (Wildman–Crippen LogP) is 2.56. The highest BCUT2D eigenvalue weighted by Gasteiger charge is 2.32. The molecule has 0 fully saturated rings. The molecule has 1 aliphatic heterocycles. The fourth-order valence-electron chi connectivity index (χ4n) is 2.18. The van der Waals surface area contributed by atoms with Gasteiger partial charge in [0.15, 0.2) is 0 Å². The number of carboxylic acids is 1. The summed E-state index contributed by atoms with van der Waals surface area (Å²) in [6, 6.07) is 0. The van der Waals surface area contributed by atoms with Crippen LogP contribution in [0.25, 0.3) is 0 Å². The van der Waals surface area contributed by atoms with Gasteiger partial charge in [0.05, 0.1) is 0 Å². The smallest absolute Gasteiger partial charge is 0.372 e. The van der Waals surface area contributed by atoms with Crippen LogP contribution >= 0.6 is 22.6 Å². The van der Waals surface area contributed by atoms with Gasteiger partial charge in [-0.05, 0) is 41.4 Å². The summed E-state index contributed by atoms with van der Waals surface area (Å²) in [5.74, 6) is -1.36. The van der Waals surface area contributed by atoms with Gasteiger partial charge in [0.2, 0.25) is 5.82 Å². The highest BCUT2D eigenvalue weighted by atomic mass is 127. The number of aromatic carboxylic acids is 1. The maximum Gasteiger partial charge on any atom is 0.372 e. The van der Waals surface area contributed by atoms with E-state index in [0.29, 0.717) is 19.4 Å². The van der Waals surface area contributed by atoms with Gasteiger partial charge in [0.25, 0.3) is 3.93 Å². The molecule has 0 amide bonds. The van der Waals surface area contributed by atoms with Gasteiger partial charge < -0.3 is 9.67 Å². The van der Waals surface area contributed by atoms with Crippen molar-refractivity contribution in [3.8, 4) is 0 Å². The number of carbonyl (C=O) groups is 1. The Morgan fingerprint density at radius 2 is 2.41 bits per heavy atom. The van der Waals surface area contributed by atoms with Crippen molar-refractivity contribution >= 4 is 28.6 Å². The molecule has 0 radical (unpaired) electrons. The number of aromatic nitrogens is 2. The molecule has 1 atom stereocenters. The number of fused-ring (bicyclic) bond motifs is 1. The van der Waals surface area contributed by atoms with Crippen molar-refractivity contribution in [1.82, 2.24) is 9.55 Å². The predicted molar refractivity (Wildman–Crippen MR) is 64.6 cm³/mol. The van der Waals surface area contributed by atoms with Crippen LogP contribution in [0.4, 0.5) is 8.78 Å². The quantitative estimate of drug-likeness (QED) is 0.669. The summed E-state index contributed by atoms with van der Waals surface area (Å²) in [6.07, 6.45) is 2.56. The number of hydrogen-bond donors (Lipinski definition) is 1. The number of imidazole rings is 1. The first-order valence-electron chi connectivity index (χ1n) is 5.21. The number of rotatable bonds is 3. The lowest BCUT2D eigenvalue weighted by molar-refractivity contribution is 0.0667. The van der Waals surface area contributed by atoms with Crippen molar-refractivity contribution in [2.24, 2.45) is 5.92 Å². The summed E-state index contributed by atoms with van der Waals surface area (Å²) in [5.41, 5.74) is 0.815. The number of halogens is 3. The molecule has 1 aliphatic rings. The first kappa shape index (κ1) is 12.7. The van der Waals surface area contributed by atoms with Gasteiger partial charge in [-0.2, -0.15) is 8.78 Å². The van der Waals surface area contributed by atoms with E-state index < -0.39 is 9.90 Å². The highest BCUT2D eigenvalue weighted by molar-refractivity contribution is 14.1. The second-order valence-electron chi connectivity index (χ2n) is 4.21. The lowest BCUT2D eigenvalue weighted by Gasteiger charge is -2.26. The Morgan fingerprint density at radius 1 is 1.71 bits per heavy atom. The fraction of sp³-hybridized carbons (Fsp3) is 0.600. The van der Waals surface area contributed by atoms with Crippen LogP contribution in [0.2, 0.25) is 0 Å². The Bertz CT molecular complexity index is 442. The van der Waals surface area contributed by atoms with Crippen molar-refractivity contribution in [1.29, 1.82) is 0 Å². The Morgan fingerprint density at radius 3 is 3.00 bits per heavy atom. The van der Waals surface area contributed by atoms with E-state index in [1.165, 1.54) is 6.20 Å². The Labute approximate surface area is 110 Å². The highest BCUT2D eigenvalue weighted by Crippen LogP contribution is 2.35. The van der Waals surface area contributed by atoms with Crippen molar-refractivity contribution in [3.05, 3.63) is 17.7 Å².